The number of cyclic esters (lactones) is 1. The number of esters is 1. The summed E-state index contributed by atoms with van der Waals surface area (Å²) in [6, 6.07) is 8.80. The summed E-state index contributed by atoms with van der Waals surface area (Å²) in [5, 5.41) is 8.94. The summed E-state index contributed by atoms with van der Waals surface area (Å²) in [4.78, 5) is 15.5. The third kappa shape index (κ3) is 1.44. The van der Waals surface area contributed by atoms with E-state index in [9.17, 15) is 4.79 Å². The van der Waals surface area contributed by atoms with Gasteiger partial charge >= 0.3 is 5.97 Å². The Bertz CT molecular complexity index is 410. The third-order valence-electron chi connectivity index (χ3n) is 2.38. The first-order chi connectivity index (χ1) is 7.19. The molecule has 1 aliphatic rings. The quantitative estimate of drug-likeness (QED) is 0.455. The Morgan fingerprint density at radius 2 is 2.00 bits per heavy atom. The molecule has 1 unspecified atom stereocenters. The minimum Gasteiger partial charge on any atom is -0.419 e. The van der Waals surface area contributed by atoms with E-state index >= 15 is 0 Å². The maximum Gasteiger partial charge on any atom is 0.334 e. The molecule has 0 bridgehead atoms. The van der Waals surface area contributed by atoms with E-state index in [1.165, 1.54) is 6.08 Å². The Morgan fingerprint density at radius 3 is 2.47 bits per heavy atom. The molecule has 4 nitrogen and oxygen atoms in total. The van der Waals surface area contributed by atoms with Crippen LogP contribution in [0.2, 0.25) is 0 Å². The zero-order valence-corrected chi connectivity index (χ0v) is 8.14. The molecule has 1 aromatic rings. The molecule has 1 N–H and O–H groups in total. The molecule has 1 aromatic carbocycles. The number of rotatable bonds is 2. The number of carbonyl (C=O) groups is 1. The van der Waals surface area contributed by atoms with E-state index in [1.54, 1.807) is 31.2 Å². The highest BCUT2D eigenvalue weighted by atomic mass is 17.1. The van der Waals surface area contributed by atoms with Gasteiger partial charge in [0.25, 0.3) is 5.79 Å². The minimum absolute atomic E-state index is 0.515. The van der Waals surface area contributed by atoms with Crippen LogP contribution in [-0.2, 0) is 20.2 Å². The lowest BCUT2D eigenvalue weighted by molar-refractivity contribution is -0.380. The Kier molecular flexibility index (Phi) is 2.30. The molecular weight excluding hydrogens is 196 g/mol. The first kappa shape index (κ1) is 9.89. The molecular formula is C11H10O4. The van der Waals surface area contributed by atoms with Crippen LogP contribution in [0.25, 0.3) is 0 Å². The van der Waals surface area contributed by atoms with E-state index in [0.29, 0.717) is 11.1 Å². The van der Waals surface area contributed by atoms with Gasteiger partial charge < -0.3 is 4.74 Å². The van der Waals surface area contributed by atoms with Crippen molar-refractivity contribution in [1.82, 2.24) is 0 Å². The standard InChI is InChI=1S/C11H10O4/c1-8-7-10(12)14-11(8,15-13)9-5-3-2-4-6-9/h2-7,13H,1H3. The molecule has 0 aromatic heterocycles. The summed E-state index contributed by atoms with van der Waals surface area (Å²) < 4.78 is 4.99. The van der Waals surface area contributed by atoms with Gasteiger partial charge in [-0.05, 0) is 6.92 Å². The molecule has 1 aliphatic heterocycles. The third-order valence-corrected chi connectivity index (χ3v) is 2.38. The molecule has 78 valence electrons. The second kappa shape index (κ2) is 3.49. The lowest BCUT2D eigenvalue weighted by atomic mass is 10.00. The maximum atomic E-state index is 11.1. The fourth-order valence-corrected chi connectivity index (χ4v) is 1.61. The van der Waals surface area contributed by atoms with Crippen LogP contribution in [-0.4, -0.2) is 11.2 Å². The van der Waals surface area contributed by atoms with E-state index in [1.807, 2.05) is 6.07 Å². The van der Waals surface area contributed by atoms with E-state index in [2.05, 4.69) is 4.89 Å². The highest BCUT2D eigenvalue weighted by Crippen LogP contribution is 2.38. The zero-order valence-electron chi connectivity index (χ0n) is 8.14. The van der Waals surface area contributed by atoms with Crippen LogP contribution < -0.4 is 0 Å². The fraction of sp³-hybridized carbons (Fsp3) is 0.182. The summed E-state index contributed by atoms with van der Waals surface area (Å²) >= 11 is 0. The topological polar surface area (TPSA) is 55.8 Å². The smallest absolute Gasteiger partial charge is 0.334 e. The number of carbonyl (C=O) groups excluding carboxylic acids is 1. The van der Waals surface area contributed by atoms with E-state index < -0.39 is 11.8 Å². The highest BCUT2D eigenvalue weighted by Gasteiger charge is 2.44. The van der Waals surface area contributed by atoms with Crippen molar-refractivity contribution in [2.45, 2.75) is 12.7 Å². The van der Waals surface area contributed by atoms with Crippen LogP contribution in [0, 0.1) is 0 Å². The van der Waals surface area contributed by atoms with Crippen molar-refractivity contribution in [1.29, 1.82) is 0 Å². The molecule has 15 heavy (non-hydrogen) atoms. The van der Waals surface area contributed by atoms with Crippen molar-refractivity contribution < 1.29 is 19.7 Å². The predicted octanol–water partition coefficient (Wildman–Crippen LogP) is 1.83. The molecule has 0 fully saturated rings. The lowest BCUT2D eigenvalue weighted by Gasteiger charge is -2.25. The molecule has 4 heteroatoms. The van der Waals surface area contributed by atoms with Crippen molar-refractivity contribution in [2.24, 2.45) is 0 Å². The normalized spacial score (nSPS) is 24.9. The van der Waals surface area contributed by atoms with Gasteiger partial charge in [0.1, 0.15) is 0 Å². The Balaban J connectivity index is 2.49. The van der Waals surface area contributed by atoms with Crippen LogP contribution in [0.3, 0.4) is 0 Å². The Morgan fingerprint density at radius 1 is 1.33 bits per heavy atom. The minimum atomic E-state index is -1.47. The molecule has 0 saturated carbocycles. The average Bonchev–Trinajstić information content (AvgIpc) is 2.56. The number of hydrogen-bond acceptors (Lipinski definition) is 4. The molecule has 0 spiro atoms. The van der Waals surface area contributed by atoms with Crippen molar-refractivity contribution in [3.8, 4) is 0 Å². The first-order valence-corrected chi connectivity index (χ1v) is 4.49. The molecule has 1 atom stereocenters. The van der Waals surface area contributed by atoms with Crippen molar-refractivity contribution in [3.05, 3.63) is 47.5 Å². The molecule has 0 saturated heterocycles. The Labute approximate surface area is 86.7 Å². The summed E-state index contributed by atoms with van der Waals surface area (Å²) in [5.74, 6) is -2.00. The van der Waals surface area contributed by atoms with Gasteiger partial charge in [-0.3, -0.25) is 0 Å². The van der Waals surface area contributed by atoms with Crippen LogP contribution >= 0.6 is 0 Å². The maximum absolute atomic E-state index is 11.1. The first-order valence-electron chi connectivity index (χ1n) is 4.49. The van der Waals surface area contributed by atoms with Crippen LogP contribution in [0.4, 0.5) is 0 Å². The molecule has 0 amide bonds. The van der Waals surface area contributed by atoms with E-state index in [-0.39, 0.29) is 0 Å². The number of benzene rings is 1. The number of ether oxygens (including phenoxy) is 1. The highest BCUT2D eigenvalue weighted by molar-refractivity contribution is 5.86. The van der Waals surface area contributed by atoms with Crippen LogP contribution in [0.15, 0.2) is 42.0 Å². The monoisotopic (exact) mass is 206 g/mol. The van der Waals surface area contributed by atoms with Crippen molar-refractivity contribution >= 4 is 5.97 Å². The summed E-state index contributed by atoms with van der Waals surface area (Å²) in [5.41, 5.74) is 1.09. The molecule has 1 heterocycles. The summed E-state index contributed by atoms with van der Waals surface area (Å²) in [6.45, 7) is 1.66. The second-order valence-corrected chi connectivity index (χ2v) is 3.32. The summed E-state index contributed by atoms with van der Waals surface area (Å²) in [7, 11) is 0. The van der Waals surface area contributed by atoms with Gasteiger partial charge in [0.15, 0.2) is 0 Å². The van der Waals surface area contributed by atoms with E-state index in [0.717, 1.165) is 0 Å². The predicted molar refractivity (Wildman–Crippen MR) is 51.7 cm³/mol. The summed E-state index contributed by atoms with van der Waals surface area (Å²) in [6.07, 6.45) is 1.29. The molecule has 0 aliphatic carbocycles. The van der Waals surface area contributed by atoms with Gasteiger partial charge in [0, 0.05) is 17.2 Å². The molecule has 0 radical (unpaired) electrons. The van der Waals surface area contributed by atoms with Crippen molar-refractivity contribution in [3.63, 3.8) is 0 Å². The van der Waals surface area contributed by atoms with Gasteiger partial charge in [-0.1, -0.05) is 30.3 Å². The van der Waals surface area contributed by atoms with Gasteiger partial charge in [-0.25, -0.2) is 10.1 Å². The van der Waals surface area contributed by atoms with Crippen LogP contribution in [0.1, 0.15) is 12.5 Å². The van der Waals surface area contributed by atoms with E-state index in [4.69, 9.17) is 9.99 Å². The fourth-order valence-electron chi connectivity index (χ4n) is 1.61. The molecule has 2 rings (SSSR count). The van der Waals surface area contributed by atoms with Gasteiger partial charge in [-0.15, -0.1) is 0 Å². The van der Waals surface area contributed by atoms with Crippen molar-refractivity contribution in [2.75, 3.05) is 0 Å². The average molecular weight is 206 g/mol. The second-order valence-electron chi connectivity index (χ2n) is 3.32. The van der Waals surface area contributed by atoms with Gasteiger partial charge in [-0.2, -0.15) is 4.89 Å². The largest absolute Gasteiger partial charge is 0.419 e. The zero-order chi connectivity index (χ0) is 10.9. The SMILES string of the molecule is CC1=CC(=O)OC1(OO)c1ccccc1. The van der Waals surface area contributed by atoms with Crippen LogP contribution in [0.5, 0.6) is 0 Å². The number of hydrogen-bond donors (Lipinski definition) is 1. The van der Waals surface area contributed by atoms with Gasteiger partial charge in [0.2, 0.25) is 0 Å². The Hall–Kier alpha value is -1.65. The lowest BCUT2D eigenvalue weighted by Crippen LogP contribution is -2.30. The van der Waals surface area contributed by atoms with Gasteiger partial charge in [0.05, 0.1) is 0 Å².